The summed E-state index contributed by atoms with van der Waals surface area (Å²) in [4.78, 5) is 15.3. The van der Waals surface area contributed by atoms with E-state index < -0.39 is 16.1 Å². The summed E-state index contributed by atoms with van der Waals surface area (Å²) in [6, 6.07) is 13.6. The van der Waals surface area contributed by atoms with Crippen LogP contribution >= 0.6 is 0 Å². The van der Waals surface area contributed by atoms with Crippen molar-refractivity contribution in [1.82, 2.24) is 10.2 Å². The molecule has 2 aromatic rings. The van der Waals surface area contributed by atoms with Crippen molar-refractivity contribution < 1.29 is 17.9 Å². The van der Waals surface area contributed by atoms with Gasteiger partial charge in [0, 0.05) is 13.1 Å². The number of ether oxygens (including phenoxy) is 1. The van der Waals surface area contributed by atoms with Gasteiger partial charge in [-0.15, -0.1) is 0 Å². The average Bonchev–Trinajstić information content (AvgIpc) is 2.77. The summed E-state index contributed by atoms with van der Waals surface area (Å²) >= 11 is 0. The van der Waals surface area contributed by atoms with Gasteiger partial charge in [0.25, 0.3) is 5.91 Å². The van der Waals surface area contributed by atoms with Crippen molar-refractivity contribution in [3.63, 3.8) is 0 Å². The molecule has 0 aliphatic carbocycles. The fourth-order valence-electron chi connectivity index (χ4n) is 4.25. The Morgan fingerprint density at radius 1 is 1.06 bits per heavy atom. The molecule has 1 saturated heterocycles. The predicted molar refractivity (Wildman–Crippen MR) is 125 cm³/mol. The van der Waals surface area contributed by atoms with Crippen LogP contribution in [0.15, 0.2) is 42.5 Å². The topological polar surface area (TPSA) is 79.0 Å². The van der Waals surface area contributed by atoms with Gasteiger partial charge in [0.1, 0.15) is 5.75 Å². The van der Waals surface area contributed by atoms with Gasteiger partial charge >= 0.3 is 0 Å². The molecule has 0 radical (unpaired) electrons. The number of hydrogen-bond acceptors (Lipinski definition) is 5. The number of hydrogen-bond donors (Lipinski definition) is 1. The molecule has 8 heteroatoms. The molecule has 0 unspecified atom stereocenters. The Kier molecular flexibility index (Phi) is 6.71. The molecule has 1 atom stereocenters. The van der Waals surface area contributed by atoms with Crippen molar-refractivity contribution in [2.75, 3.05) is 30.2 Å². The molecule has 0 spiro atoms. The lowest BCUT2D eigenvalue weighted by molar-refractivity contribution is -0.127. The van der Waals surface area contributed by atoms with Gasteiger partial charge in [-0.3, -0.25) is 14.0 Å². The SMILES string of the molecule is Cc1ccc2c(c1)O[C@@H](C(=O)NCc1ccc(CN3CCCCC3)cc1)CN2S(C)(=O)=O. The summed E-state index contributed by atoms with van der Waals surface area (Å²) in [7, 11) is -3.53. The highest BCUT2D eigenvalue weighted by atomic mass is 32.2. The normalized spacial score (nSPS) is 19.2. The molecule has 2 aliphatic heterocycles. The Bertz CT molecular complexity index is 1060. The second-order valence-corrected chi connectivity index (χ2v) is 10.6. The molecule has 2 heterocycles. The molecule has 4 rings (SSSR count). The maximum absolute atomic E-state index is 12.8. The summed E-state index contributed by atoms with van der Waals surface area (Å²) in [6.07, 6.45) is 4.11. The van der Waals surface area contributed by atoms with Gasteiger partial charge in [-0.05, 0) is 61.7 Å². The number of aryl methyl sites for hydroxylation is 1. The zero-order valence-corrected chi connectivity index (χ0v) is 19.5. The highest BCUT2D eigenvalue weighted by molar-refractivity contribution is 7.92. The molecule has 172 valence electrons. The van der Waals surface area contributed by atoms with Gasteiger partial charge in [-0.25, -0.2) is 8.42 Å². The smallest absolute Gasteiger partial charge is 0.263 e. The van der Waals surface area contributed by atoms with E-state index in [0.29, 0.717) is 18.0 Å². The van der Waals surface area contributed by atoms with Crippen LogP contribution in [0.2, 0.25) is 0 Å². The molecule has 32 heavy (non-hydrogen) atoms. The van der Waals surface area contributed by atoms with Gasteiger partial charge in [-0.2, -0.15) is 0 Å². The zero-order valence-electron chi connectivity index (χ0n) is 18.7. The predicted octanol–water partition coefficient (Wildman–Crippen LogP) is 2.82. The molecule has 1 fully saturated rings. The summed E-state index contributed by atoms with van der Waals surface area (Å²) in [5, 5.41) is 2.89. The molecule has 0 aromatic heterocycles. The van der Waals surface area contributed by atoms with Crippen LogP contribution in [0.5, 0.6) is 5.75 Å². The van der Waals surface area contributed by atoms with Crippen molar-refractivity contribution in [2.45, 2.75) is 45.4 Å². The summed E-state index contributed by atoms with van der Waals surface area (Å²) < 4.78 is 31.7. The van der Waals surface area contributed by atoms with E-state index >= 15 is 0 Å². The second-order valence-electron chi connectivity index (χ2n) is 8.74. The van der Waals surface area contributed by atoms with E-state index in [4.69, 9.17) is 4.74 Å². The minimum absolute atomic E-state index is 0.0461. The molecule has 0 saturated carbocycles. The zero-order chi connectivity index (χ0) is 22.7. The van der Waals surface area contributed by atoms with Crippen LogP contribution in [0.3, 0.4) is 0 Å². The number of likely N-dealkylation sites (tertiary alicyclic amines) is 1. The van der Waals surface area contributed by atoms with E-state index in [0.717, 1.165) is 37.0 Å². The number of amides is 1. The number of rotatable bonds is 6. The van der Waals surface area contributed by atoms with Crippen molar-refractivity contribution in [3.05, 3.63) is 59.2 Å². The van der Waals surface area contributed by atoms with Gasteiger partial charge in [0.05, 0.1) is 18.5 Å². The van der Waals surface area contributed by atoms with Crippen molar-refractivity contribution >= 4 is 21.6 Å². The van der Waals surface area contributed by atoms with E-state index in [1.54, 1.807) is 12.1 Å². The summed E-state index contributed by atoms with van der Waals surface area (Å²) in [5.74, 6) is 0.0760. The van der Waals surface area contributed by atoms with E-state index in [2.05, 4.69) is 22.3 Å². The number of nitrogens with one attached hydrogen (secondary N) is 1. The second kappa shape index (κ2) is 9.50. The molecule has 1 N–H and O–H groups in total. The average molecular weight is 458 g/mol. The fraction of sp³-hybridized carbons (Fsp3) is 0.458. The van der Waals surface area contributed by atoms with Crippen molar-refractivity contribution in [3.8, 4) is 5.75 Å². The van der Waals surface area contributed by atoms with Gasteiger partial charge in [0.2, 0.25) is 10.0 Å². The number of anilines is 1. The first-order valence-corrected chi connectivity index (χ1v) is 13.0. The Morgan fingerprint density at radius 2 is 1.75 bits per heavy atom. The van der Waals surface area contributed by atoms with E-state index in [9.17, 15) is 13.2 Å². The molecule has 2 aromatic carbocycles. The third-order valence-corrected chi connectivity index (χ3v) is 7.17. The molecular formula is C24H31N3O4S. The lowest BCUT2D eigenvalue weighted by Gasteiger charge is -2.34. The molecule has 2 aliphatic rings. The van der Waals surface area contributed by atoms with Gasteiger partial charge in [0.15, 0.2) is 6.10 Å². The quantitative estimate of drug-likeness (QED) is 0.722. The lowest BCUT2D eigenvalue weighted by atomic mass is 10.1. The highest BCUT2D eigenvalue weighted by Crippen LogP contribution is 2.35. The Balaban J connectivity index is 1.37. The van der Waals surface area contributed by atoms with Crippen LogP contribution in [-0.4, -0.2) is 51.2 Å². The number of fused-ring (bicyclic) bond motifs is 1. The third-order valence-electron chi connectivity index (χ3n) is 6.02. The first-order valence-electron chi connectivity index (χ1n) is 11.1. The Hall–Kier alpha value is -2.58. The van der Waals surface area contributed by atoms with Crippen LogP contribution in [0.1, 0.15) is 36.0 Å². The number of carbonyl (C=O) groups is 1. The monoisotopic (exact) mass is 457 g/mol. The number of nitrogens with zero attached hydrogens (tertiary/aromatic N) is 2. The number of piperidine rings is 1. The van der Waals surface area contributed by atoms with Gasteiger partial charge < -0.3 is 10.1 Å². The highest BCUT2D eigenvalue weighted by Gasteiger charge is 2.34. The van der Waals surface area contributed by atoms with Crippen molar-refractivity contribution in [1.29, 1.82) is 0 Å². The number of sulfonamides is 1. The van der Waals surface area contributed by atoms with E-state index in [1.165, 1.54) is 29.1 Å². The standard InChI is InChI=1S/C24H31N3O4S/c1-18-6-11-21-22(14-18)31-23(17-27(21)32(2,29)30)24(28)25-15-19-7-9-20(10-8-19)16-26-12-4-3-5-13-26/h6-11,14,23H,3-5,12-13,15-17H2,1-2H3,(H,25,28)/t23-/m1/s1. The minimum Gasteiger partial charge on any atom is -0.476 e. The summed E-state index contributed by atoms with van der Waals surface area (Å²) in [5.41, 5.74) is 3.66. The first kappa shape index (κ1) is 22.6. The van der Waals surface area contributed by atoms with Crippen LogP contribution in [0.25, 0.3) is 0 Å². The van der Waals surface area contributed by atoms with Crippen LogP contribution in [0, 0.1) is 6.92 Å². The van der Waals surface area contributed by atoms with E-state index in [1.807, 2.05) is 25.1 Å². The van der Waals surface area contributed by atoms with Crippen molar-refractivity contribution in [2.24, 2.45) is 0 Å². The third kappa shape index (κ3) is 5.42. The largest absolute Gasteiger partial charge is 0.476 e. The molecule has 7 nitrogen and oxygen atoms in total. The molecular weight excluding hydrogens is 426 g/mol. The van der Waals surface area contributed by atoms with Crippen LogP contribution in [0.4, 0.5) is 5.69 Å². The Morgan fingerprint density at radius 3 is 2.44 bits per heavy atom. The number of carbonyl (C=O) groups excluding carboxylic acids is 1. The molecule has 0 bridgehead atoms. The molecule has 1 amide bonds. The Labute approximate surface area is 190 Å². The first-order chi connectivity index (χ1) is 15.3. The van der Waals surface area contributed by atoms with Crippen LogP contribution < -0.4 is 14.4 Å². The fourth-order valence-corrected chi connectivity index (χ4v) is 5.17. The van der Waals surface area contributed by atoms with Gasteiger partial charge in [-0.1, -0.05) is 36.8 Å². The lowest BCUT2D eigenvalue weighted by Crippen LogP contribution is -2.50. The summed E-state index contributed by atoms with van der Waals surface area (Å²) in [6.45, 7) is 5.49. The van der Waals surface area contributed by atoms with E-state index in [-0.39, 0.29) is 12.5 Å². The maximum Gasteiger partial charge on any atom is 0.263 e. The minimum atomic E-state index is -3.53. The number of benzene rings is 2. The maximum atomic E-state index is 12.8. The van der Waals surface area contributed by atoms with Crippen LogP contribution in [-0.2, 0) is 27.9 Å².